The van der Waals surface area contributed by atoms with Crippen molar-refractivity contribution in [2.75, 3.05) is 0 Å². The minimum atomic E-state index is -0.287. The fourth-order valence-corrected chi connectivity index (χ4v) is 2.31. The highest BCUT2D eigenvalue weighted by Crippen LogP contribution is 2.34. The van der Waals surface area contributed by atoms with E-state index in [1.54, 1.807) is 24.3 Å². The standard InChI is InChI=1S/C16H12N4O/c17-9-11-5-7-12(8-6-11)15(16-18-10-19-20-16)13-3-1-2-4-14(13)21/h1-8,10,15,21H,(H,18,19,20). The minimum Gasteiger partial charge on any atom is -0.508 e. The second-order valence-corrected chi connectivity index (χ2v) is 4.58. The molecule has 21 heavy (non-hydrogen) atoms. The van der Waals surface area contributed by atoms with Gasteiger partial charge < -0.3 is 5.11 Å². The van der Waals surface area contributed by atoms with Crippen molar-refractivity contribution in [2.24, 2.45) is 0 Å². The van der Waals surface area contributed by atoms with Crippen LogP contribution in [0, 0.1) is 11.3 Å². The Bertz CT molecular complexity index is 773. The molecule has 0 bridgehead atoms. The summed E-state index contributed by atoms with van der Waals surface area (Å²) in [5.41, 5.74) is 2.22. The lowest BCUT2D eigenvalue weighted by Crippen LogP contribution is -2.06. The number of H-pyrrole nitrogens is 1. The van der Waals surface area contributed by atoms with Gasteiger partial charge in [-0.2, -0.15) is 10.4 Å². The van der Waals surface area contributed by atoms with Crippen LogP contribution in [0.2, 0.25) is 0 Å². The summed E-state index contributed by atoms with van der Waals surface area (Å²) < 4.78 is 0. The number of aromatic amines is 1. The highest BCUT2D eigenvalue weighted by atomic mass is 16.3. The topological polar surface area (TPSA) is 85.6 Å². The van der Waals surface area contributed by atoms with Crippen molar-refractivity contribution in [1.82, 2.24) is 15.2 Å². The molecule has 2 aromatic carbocycles. The van der Waals surface area contributed by atoms with E-state index in [2.05, 4.69) is 21.3 Å². The number of hydrogen-bond acceptors (Lipinski definition) is 4. The van der Waals surface area contributed by atoms with Crippen molar-refractivity contribution in [1.29, 1.82) is 5.26 Å². The number of aromatic nitrogens is 3. The number of phenolic OH excluding ortho intramolecular Hbond substituents is 1. The predicted molar refractivity (Wildman–Crippen MR) is 76.6 cm³/mol. The third kappa shape index (κ3) is 2.47. The van der Waals surface area contributed by atoms with Crippen LogP contribution in [0.4, 0.5) is 0 Å². The molecule has 0 saturated heterocycles. The van der Waals surface area contributed by atoms with Gasteiger partial charge in [-0.15, -0.1) is 0 Å². The number of nitrogens with one attached hydrogen (secondary N) is 1. The highest BCUT2D eigenvalue weighted by Gasteiger charge is 2.22. The van der Waals surface area contributed by atoms with E-state index in [0.29, 0.717) is 11.4 Å². The largest absolute Gasteiger partial charge is 0.508 e. The van der Waals surface area contributed by atoms with Gasteiger partial charge in [-0.1, -0.05) is 30.3 Å². The molecule has 1 heterocycles. The Kier molecular flexibility index (Phi) is 3.36. The highest BCUT2D eigenvalue weighted by molar-refractivity contribution is 5.46. The lowest BCUT2D eigenvalue weighted by molar-refractivity contribution is 0.466. The average Bonchev–Trinajstić information content (AvgIpc) is 3.04. The maximum atomic E-state index is 10.1. The number of benzene rings is 2. The molecule has 0 aliphatic heterocycles. The van der Waals surface area contributed by atoms with Gasteiger partial charge in [0.2, 0.25) is 0 Å². The SMILES string of the molecule is N#Cc1ccc(C(c2nc[nH]n2)c2ccccc2O)cc1. The van der Waals surface area contributed by atoms with E-state index >= 15 is 0 Å². The summed E-state index contributed by atoms with van der Waals surface area (Å²) in [5.74, 6) is 0.475. The monoisotopic (exact) mass is 276 g/mol. The molecular formula is C16H12N4O. The van der Waals surface area contributed by atoms with E-state index in [0.717, 1.165) is 11.1 Å². The van der Waals surface area contributed by atoms with Crippen LogP contribution in [-0.4, -0.2) is 20.3 Å². The Morgan fingerprint density at radius 2 is 1.86 bits per heavy atom. The average molecular weight is 276 g/mol. The summed E-state index contributed by atoms with van der Waals surface area (Å²) >= 11 is 0. The van der Waals surface area contributed by atoms with E-state index < -0.39 is 0 Å². The van der Waals surface area contributed by atoms with Crippen LogP contribution in [0.15, 0.2) is 54.9 Å². The number of aromatic hydroxyl groups is 1. The lowest BCUT2D eigenvalue weighted by atomic mass is 9.89. The zero-order chi connectivity index (χ0) is 14.7. The van der Waals surface area contributed by atoms with Crippen molar-refractivity contribution < 1.29 is 5.11 Å². The molecular weight excluding hydrogens is 264 g/mol. The zero-order valence-corrected chi connectivity index (χ0v) is 11.1. The number of para-hydroxylation sites is 1. The molecule has 0 fully saturated rings. The summed E-state index contributed by atoms with van der Waals surface area (Å²) in [6, 6.07) is 16.4. The molecule has 0 radical (unpaired) electrons. The molecule has 3 rings (SSSR count). The van der Waals surface area contributed by atoms with Gasteiger partial charge in [0.05, 0.1) is 17.6 Å². The van der Waals surface area contributed by atoms with E-state index in [1.807, 2.05) is 24.3 Å². The van der Waals surface area contributed by atoms with Gasteiger partial charge in [0.15, 0.2) is 5.82 Å². The van der Waals surface area contributed by atoms with Crippen LogP contribution < -0.4 is 0 Å². The van der Waals surface area contributed by atoms with Gasteiger partial charge in [0.25, 0.3) is 0 Å². The zero-order valence-electron chi connectivity index (χ0n) is 11.1. The molecule has 0 saturated carbocycles. The molecule has 0 spiro atoms. The van der Waals surface area contributed by atoms with Crippen molar-refractivity contribution in [2.45, 2.75) is 5.92 Å². The molecule has 5 nitrogen and oxygen atoms in total. The van der Waals surface area contributed by atoms with Gasteiger partial charge in [-0.3, -0.25) is 5.10 Å². The Morgan fingerprint density at radius 1 is 1.10 bits per heavy atom. The van der Waals surface area contributed by atoms with E-state index in [9.17, 15) is 5.11 Å². The Balaban J connectivity index is 2.13. The van der Waals surface area contributed by atoms with Crippen LogP contribution in [0.1, 0.15) is 28.4 Å². The first-order chi connectivity index (χ1) is 10.3. The first kappa shape index (κ1) is 12.9. The first-order valence-electron chi connectivity index (χ1n) is 6.43. The number of rotatable bonds is 3. The predicted octanol–water partition coefficient (Wildman–Crippen LogP) is 2.56. The summed E-state index contributed by atoms with van der Waals surface area (Å²) in [4.78, 5) is 4.21. The molecule has 1 aromatic heterocycles. The van der Waals surface area contributed by atoms with Crippen LogP contribution in [0.3, 0.4) is 0 Å². The molecule has 2 N–H and O–H groups in total. The smallest absolute Gasteiger partial charge is 0.162 e. The fourth-order valence-electron chi connectivity index (χ4n) is 2.31. The van der Waals surface area contributed by atoms with Crippen molar-refractivity contribution in [3.63, 3.8) is 0 Å². The first-order valence-corrected chi connectivity index (χ1v) is 6.43. The molecule has 0 amide bonds. The number of nitriles is 1. The Labute approximate surface area is 121 Å². The molecule has 3 aromatic rings. The number of hydrogen-bond donors (Lipinski definition) is 2. The second-order valence-electron chi connectivity index (χ2n) is 4.58. The molecule has 1 atom stereocenters. The van der Waals surface area contributed by atoms with Gasteiger partial charge in [0, 0.05) is 5.56 Å². The van der Waals surface area contributed by atoms with Gasteiger partial charge in [-0.05, 0) is 23.8 Å². The van der Waals surface area contributed by atoms with E-state index in [-0.39, 0.29) is 11.7 Å². The second kappa shape index (κ2) is 5.47. The van der Waals surface area contributed by atoms with Gasteiger partial charge >= 0.3 is 0 Å². The quantitative estimate of drug-likeness (QED) is 0.769. The van der Waals surface area contributed by atoms with Crippen LogP contribution in [-0.2, 0) is 0 Å². The van der Waals surface area contributed by atoms with E-state index in [1.165, 1.54) is 6.33 Å². The number of phenols is 1. The minimum absolute atomic E-state index is 0.191. The lowest BCUT2D eigenvalue weighted by Gasteiger charge is -2.16. The van der Waals surface area contributed by atoms with Gasteiger partial charge in [0.1, 0.15) is 12.1 Å². The van der Waals surface area contributed by atoms with Crippen LogP contribution in [0.5, 0.6) is 5.75 Å². The summed E-state index contributed by atoms with van der Waals surface area (Å²) in [7, 11) is 0. The summed E-state index contributed by atoms with van der Waals surface area (Å²) in [5, 5.41) is 25.9. The van der Waals surface area contributed by atoms with Gasteiger partial charge in [-0.25, -0.2) is 4.98 Å². The summed E-state index contributed by atoms with van der Waals surface area (Å²) in [6.45, 7) is 0. The maximum Gasteiger partial charge on any atom is 0.162 e. The molecule has 102 valence electrons. The third-order valence-corrected chi connectivity index (χ3v) is 3.31. The van der Waals surface area contributed by atoms with Crippen molar-refractivity contribution >= 4 is 0 Å². The van der Waals surface area contributed by atoms with Crippen LogP contribution >= 0.6 is 0 Å². The Morgan fingerprint density at radius 3 is 2.48 bits per heavy atom. The maximum absolute atomic E-state index is 10.1. The molecule has 0 aliphatic rings. The Hall–Kier alpha value is -3.13. The molecule has 5 heteroatoms. The van der Waals surface area contributed by atoms with Crippen molar-refractivity contribution in [3.05, 3.63) is 77.4 Å². The van der Waals surface area contributed by atoms with Crippen LogP contribution in [0.25, 0.3) is 0 Å². The number of nitrogens with zero attached hydrogens (tertiary/aromatic N) is 3. The molecule has 0 aliphatic carbocycles. The van der Waals surface area contributed by atoms with E-state index in [4.69, 9.17) is 5.26 Å². The fraction of sp³-hybridized carbons (Fsp3) is 0.0625. The van der Waals surface area contributed by atoms with Crippen molar-refractivity contribution in [3.8, 4) is 11.8 Å². The third-order valence-electron chi connectivity index (χ3n) is 3.31. The molecule has 1 unspecified atom stereocenters. The summed E-state index contributed by atoms with van der Waals surface area (Å²) in [6.07, 6.45) is 1.51. The normalized spacial score (nSPS) is 11.8.